The van der Waals surface area contributed by atoms with Gasteiger partial charge in [0, 0.05) is 22.7 Å². The van der Waals surface area contributed by atoms with E-state index in [2.05, 4.69) is 75.6 Å². The lowest BCUT2D eigenvalue weighted by atomic mass is 10.0. The summed E-state index contributed by atoms with van der Waals surface area (Å²) < 4.78 is 10.4. The smallest absolute Gasteiger partial charge is 0.143 e. The van der Waals surface area contributed by atoms with Crippen molar-refractivity contribution in [2.24, 2.45) is 0 Å². The van der Waals surface area contributed by atoms with Crippen LogP contribution in [0.3, 0.4) is 0 Å². The molecule has 0 N–H and O–H groups in total. The van der Waals surface area contributed by atoms with Crippen LogP contribution in [0, 0.1) is 0 Å². The molecule has 4 rings (SSSR count). The van der Waals surface area contributed by atoms with E-state index in [9.17, 15) is 0 Å². The summed E-state index contributed by atoms with van der Waals surface area (Å²) in [5.41, 5.74) is 4.87. The Labute approximate surface area is 172 Å². The average Bonchev–Trinajstić information content (AvgIpc) is 3.28. The van der Waals surface area contributed by atoms with E-state index < -0.39 is 0 Å². The maximum atomic E-state index is 5.35. The van der Waals surface area contributed by atoms with Crippen LogP contribution in [-0.4, -0.2) is 31.4 Å². The number of aromatic nitrogens is 5. The summed E-state index contributed by atoms with van der Waals surface area (Å²) in [4.78, 5) is 9.12. The number of halogens is 1. The Balaban J connectivity index is 2.05. The number of hydrogen-bond acceptors (Lipinski definition) is 4. The number of ether oxygens (including phenoxy) is 1. The molecule has 0 aliphatic carbocycles. The first-order chi connectivity index (χ1) is 13.4. The van der Waals surface area contributed by atoms with Gasteiger partial charge in [-0.15, -0.1) is 0 Å². The van der Waals surface area contributed by atoms with Gasteiger partial charge in [-0.25, -0.2) is 14.6 Å². The highest BCUT2D eigenvalue weighted by Gasteiger charge is 2.24. The van der Waals surface area contributed by atoms with Crippen LogP contribution in [0.5, 0.6) is 0 Å². The van der Waals surface area contributed by atoms with Crippen LogP contribution in [0.4, 0.5) is 0 Å². The van der Waals surface area contributed by atoms with Gasteiger partial charge in [0.05, 0.1) is 23.3 Å². The summed E-state index contributed by atoms with van der Waals surface area (Å²) in [6.07, 6.45) is 3.24. The molecule has 0 fully saturated rings. The first kappa shape index (κ1) is 18.8. The number of nitrogens with zero attached hydrogens (tertiary/aromatic N) is 5. The Morgan fingerprint density at radius 2 is 1.93 bits per heavy atom. The molecule has 6 nitrogen and oxygen atoms in total. The molecule has 0 aliphatic rings. The summed E-state index contributed by atoms with van der Waals surface area (Å²) in [6, 6.07) is 12.4. The molecule has 0 aliphatic heterocycles. The van der Waals surface area contributed by atoms with Gasteiger partial charge < -0.3 is 9.30 Å². The number of methoxy groups -OCH3 is 1. The lowest BCUT2D eigenvalue weighted by Gasteiger charge is -2.25. The Kier molecular flexibility index (Phi) is 4.81. The largest absolute Gasteiger partial charge is 0.380 e. The molecule has 0 amide bonds. The van der Waals surface area contributed by atoms with Gasteiger partial charge in [0.15, 0.2) is 0 Å². The van der Waals surface area contributed by atoms with Crippen LogP contribution in [-0.2, 0) is 16.9 Å². The number of fused-ring (bicyclic) bond motifs is 1. The summed E-state index contributed by atoms with van der Waals surface area (Å²) >= 11 is 3.56. The van der Waals surface area contributed by atoms with Crippen molar-refractivity contribution in [3.63, 3.8) is 0 Å². The molecule has 0 atom stereocenters. The zero-order valence-corrected chi connectivity index (χ0v) is 17.9. The summed E-state index contributed by atoms with van der Waals surface area (Å²) in [6.45, 7) is 7.10. The molecule has 2 heterocycles. The van der Waals surface area contributed by atoms with Crippen molar-refractivity contribution in [1.82, 2.24) is 24.3 Å². The minimum Gasteiger partial charge on any atom is -0.380 e. The second-order valence-electron chi connectivity index (χ2n) is 7.70. The molecular weight excluding hydrogens is 418 g/mol. The highest BCUT2D eigenvalue weighted by molar-refractivity contribution is 9.10. The van der Waals surface area contributed by atoms with Crippen LogP contribution in [0.25, 0.3) is 28.1 Å². The van der Waals surface area contributed by atoms with Gasteiger partial charge in [-0.05, 0) is 56.7 Å². The van der Waals surface area contributed by atoms with Gasteiger partial charge >= 0.3 is 0 Å². The first-order valence-electron chi connectivity index (χ1n) is 9.04. The SMILES string of the molecule is COCc1ccc(-n2cncn2)c(-c2nc3cc(Br)ccc3n2C(C)(C)C)c1. The quantitative estimate of drug-likeness (QED) is 0.451. The van der Waals surface area contributed by atoms with Crippen molar-refractivity contribution >= 4 is 27.0 Å². The Bertz CT molecular complexity index is 1130. The predicted octanol–water partition coefficient (Wildman–Crippen LogP) is 4.95. The molecule has 0 saturated carbocycles. The fourth-order valence-corrected chi connectivity index (χ4v) is 3.81. The molecule has 28 heavy (non-hydrogen) atoms. The fourth-order valence-electron chi connectivity index (χ4n) is 3.46. The van der Waals surface area contributed by atoms with E-state index in [0.717, 1.165) is 38.1 Å². The topological polar surface area (TPSA) is 57.8 Å². The highest BCUT2D eigenvalue weighted by atomic mass is 79.9. The van der Waals surface area contributed by atoms with E-state index in [1.165, 1.54) is 6.33 Å². The highest BCUT2D eigenvalue weighted by Crippen LogP contribution is 2.35. The molecule has 0 saturated heterocycles. The number of imidazole rings is 1. The van der Waals surface area contributed by atoms with Crippen LogP contribution in [0.1, 0.15) is 26.3 Å². The first-order valence-corrected chi connectivity index (χ1v) is 9.83. The third kappa shape index (κ3) is 3.36. The minimum absolute atomic E-state index is 0.158. The Morgan fingerprint density at radius 1 is 1.11 bits per heavy atom. The average molecular weight is 440 g/mol. The van der Waals surface area contributed by atoms with Crippen molar-refractivity contribution in [2.75, 3.05) is 7.11 Å². The molecule has 0 unspecified atom stereocenters. The van der Waals surface area contributed by atoms with Gasteiger partial charge in [-0.1, -0.05) is 22.0 Å². The van der Waals surface area contributed by atoms with Crippen LogP contribution < -0.4 is 0 Å². The number of benzene rings is 2. The minimum atomic E-state index is -0.158. The zero-order valence-electron chi connectivity index (χ0n) is 16.3. The second-order valence-corrected chi connectivity index (χ2v) is 8.61. The monoisotopic (exact) mass is 439 g/mol. The molecule has 2 aromatic heterocycles. The van der Waals surface area contributed by atoms with Crippen LogP contribution >= 0.6 is 15.9 Å². The Morgan fingerprint density at radius 3 is 2.61 bits per heavy atom. The van der Waals surface area contributed by atoms with Gasteiger partial charge in [-0.3, -0.25) is 0 Å². The molecule has 0 radical (unpaired) electrons. The van der Waals surface area contributed by atoms with Gasteiger partial charge in [-0.2, -0.15) is 5.10 Å². The van der Waals surface area contributed by atoms with Crippen molar-refractivity contribution < 1.29 is 4.74 Å². The molecule has 0 bridgehead atoms. The Hall–Kier alpha value is -2.51. The zero-order chi connectivity index (χ0) is 19.9. The molecular formula is C21H22BrN5O. The molecule has 144 valence electrons. The van der Waals surface area contributed by atoms with Gasteiger partial charge in [0.1, 0.15) is 18.5 Å². The number of hydrogen-bond donors (Lipinski definition) is 0. The lowest BCUT2D eigenvalue weighted by molar-refractivity contribution is 0.185. The standard InChI is InChI=1S/C21H22BrN5O/c1-21(2,3)27-19-8-6-15(22)10-17(19)25-20(27)16-9-14(11-28-4)5-7-18(16)26-13-23-12-24-26/h5-10,12-13H,11H2,1-4H3. The third-order valence-electron chi connectivity index (χ3n) is 4.57. The third-order valence-corrected chi connectivity index (χ3v) is 5.06. The van der Waals surface area contributed by atoms with Gasteiger partial charge in [0.2, 0.25) is 0 Å². The summed E-state index contributed by atoms with van der Waals surface area (Å²) in [5, 5.41) is 4.34. The summed E-state index contributed by atoms with van der Waals surface area (Å²) in [5.74, 6) is 0.893. The maximum Gasteiger partial charge on any atom is 0.143 e. The van der Waals surface area contributed by atoms with Crippen molar-refractivity contribution in [3.8, 4) is 17.1 Å². The van der Waals surface area contributed by atoms with Gasteiger partial charge in [0.25, 0.3) is 0 Å². The van der Waals surface area contributed by atoms with E-state index >= 15 is 0 Å². The van der Waals surface area contributed by atoms with E-state index in [1.807, 2.05) is 12.1 Å². The molecule has 4 aromatic rings. The molecule has 0 spiro atoms. The normalized spacial score (nSPS) is 12.0. The van der Waals surface area contributed by atoms with E-state index in [0.29, 0.717) is 6.61 Å². The van der Waals surface area contributed by atoms with Crippen LogP contribution in [0.15, 0.2) is 53.5 Å². The molecule has 7 heteroatoms. The van der Waals surface area contributed by atoms with Crippen molar-refractivity contribution in [3.05, 3.63) is 59.1 Å². The maximum absolute atomic E-state index is 5.35. The van der Waals surface area contributed by atoms with E-state index in [4.69, 9.17) is 9.72 Å². The van der Waals surface area contributed by atoms with E-state index in [-0.39, 0.29) is 5.54 Å². The van der Waals surface area contributed by atoms with Crippen molar-refractivity contribution in [2.45, 2.75) is 32.9 Å². The summed E-state index contributed by atoms with van der Waals surface area (Å²) in [7, 11) is 1.70. The molecule has 2 aromatic carbocycles. The second kappa shape index (κ2) is 7.14. The van der Waals surface area contributed by atoms with Crippen LogP contribution in [0.2, 0.25) is 0 Å². The number of rotatable bonds is 4. The predicted molar refractivity (Wildman–Crippen MR) is 113 cm³/mol. The van der Waals surface area contributed by atoms with E-state index in [1.54, 1.807) is 18.1 Å². The fraction of sp³-hybridized carbons (Fsp3) is 0.286. The van der Waals surface area contributed by atoms with Crippen molar-refractivity contribution in [1.29, 1.82) is 0 Å². The lowest BCUT2D eigenvalue weighted by Crippen LogP contribution is -2.23.